The number of fused-ring (bicyclic) bond motifs is 1. The minimum absolute atomic E-state index is 0.844. The Labute approximate surface area is 101 Å². The molecule has 2 heterocycles. The van der Waals surface area contributed by atoms with E-state index in [1.54, 1.807) is 19.5 Å². The topological polar surface area (TPSA) is 51.5 Å². The van der Waals surface area contributed by atoms with E-state index < -0.39 is 0 Å². The number of aromatic nitrogens is 3. The van der Waals surface area contributed by atoms with E-state index >= 15 is 0 Å². The molecule has 5 heteroatoms. The zero-order valence-electron chi connectivity index (χ0n) is 10.1. The van der Waals surface area contributed by atoms with Crippen LogP contribution < -0.4 is 5.32 Å². The van der Waals surface area contributed by atoms with Crippen molar-refractivity contribution in [3.05, 3.63) is 24.7 Å². The summed E-state index contributed by atoms with van der Waals surface area (Å²) in [5, 5.41) is 7.51. The van der Waals surface area contributed by atoms with E-state index in [9.17, 15) is 0 Å². The molecule has 0 aliphatic carbocycles. The van der Waals surface area contributed by atoms with Gasteiger partial charge in [0.05, 0.1) is 6.20 Å². The standard InChI is InChI=1S/C12H18N4O/c1-17-10-4-2-3-6-13-12-11-5-7-15-16(11)9-8-14-12/h5,7-9H,2-4,6,10H2,1H3,(H,13,14). The van der Waals surface area contributed by atoms with Gasteiger partial charge in [-0.05, 0) is 25.3 Å². The second-order valence-corrected chi connectivity index (χ2v) is 3.92. The first-order valence-electron chi connectivity index (χ1n) is 5.93. The van der Waals surface area contributed by atoms with E-state index in [-0.39, 0.29) is 0 Å². The van der Waals surface area contributed by atoms with Crippen molar-refractivity contribution in [1.29, 1.82) is 0 Å². The summed E-state index contributed by atoms with van der Waals surface area (Å²) in [7, 11) is 1.74. The van der Waals surface area contributed by atoms with Gasteiger partial charge in [-0.2, -0.15) is 5.10 Å². The Hall–Kier alpha value is -1.62. The lowest BCUT2D eigenvalue weighted by Crippen LogP contribution is -2.05. The summed E-state index contributed by atoms with van der Waals surface area (Å²) in [6.45, 7) is 1.78. The minimum atomic E-state index is 0.844. The van der Waals surface area contributed by atoms with Crippen molar-refractivity contribution in [3.8, 4) is 0 Å². The fourth-order valence-electron chi connectivity index (χ4n) is 1.75. The van der Waals surface area contributed by atoms with Crippen molar-refractivity contribution < 1.29 is 4.74 Å². The Morgan fingerprint density at radius 3 is 3.12 bits per heavy atom. The number of unbranched alkanes of at least 4 members (excludes halogenated alkanes) is 2. The summed E-state index contributed by atoms with van der Waals surface area (Å²) >= 11 is 0. The third-order valence-corrected chi connectivity index (χ3v) is 2.64. The fraction of sp³-hybridized carbons (Fsp3) is 0.500. The number of hydrogen-bond acceptors (Lipinski definition) is 4. The molecular formula is C12H18N4O. The molecule has 0 saturated carbocycles. The first kappa shape index (κ1) is 11.9. The van der Waals surface area contributed by atoms with Crippen LogP contribution in [0.4, 0.5) is 5.82 Å². The molecule has 0 radical (unpaired) electrons. The molecule has 5 nitrogen and oxygen atoms in total. The second-order valence-electron chi connectivity index (χ2n) is 3.92. The predicted molar refractivity (Wildman–Crippen MR) is 67.2 cm³/mol. The van der Waals surface area contributed by atoms with Crippen LogP contribution in [0.15, 0.2) is 24.7 Å². The van der Waals surface area contributed by atoms with Gasteiger partial charge in [0.15, 0.2) is 5.82 Å². The first-order chi connectivity index (χ1) is 8.42. The summed E-state index contributed by atoms with van der Waals surface area (Å²) in [4.78, 5) is 4.32. The summed E-state index contributed by atoms with van der Waals surface area (Å²) in [6.07, 6.45) is 8.79. The van der Waals surface area contributed by atoms with Gasteiger partial charge in [0.1, 0.15) is 5.52 Å². The summed E-state index contributed by atoms with van der Waals surface area (Å²) in [6, 6.07) is 1.96. The minimum Gasteiger partial charge on any atom is -0.385 e. The van der Waals surface area contributed by atoms with Crippen LogP contribution in [0.1, 0.15) is 19.3 Å². The zero-order chi connectivity index (χ0) is 11.9. The number of methoxy groups -OCH3 is 1. The molecule has 17 heavy (non-hydrogen) atoms. The fourth-order valence-corrected chi connectivity index (χ4v) is 1.75. The number of ether oxygens (including phenoxy) is 1. The van der Waals surface area contributed by atoms with Crippen LogP contribution >= 0.6 is 0 Å². The second kappa shape index (κ2) is 6.20. The maximum atomic E-state index is 5.01. The van der Waals surface area contributed by atoms with E-state index in [2.05, 4.69) is 15.4 Å². The molecule has 0 saturated heterocycles. The van der Waals surface area contributed by atoms with Crippen molar-refractivity contribution in [1.82, 2.24) is 14.6 Å². The van der Waals surface area contributed by atoms with Crippen molar-refractivity contribution in [3.63, 3.8) is 0 Å². The Balaban J connectivity index is 1.80. The normalized spacial score (nSPS) is 10.9. The number of anilines is 1. The predicted octanol–water partition coefficient (Wildman–Crippen LogP) is 1.96. The highest BCUT2D eigenvalue weighted by molar-refractivity contribution is 5.66. The number of rotatable bonds is 7. The molecule has 0 fully saturated rings. The summed E-state index contributed by atoms with van der Waals surface area (Å²) < 4.78 is 6.83. The van der Waals surface area contributed by atoms with Gasteiger partial charge in [-0.15, -0.1) is 0 Å². The average Bonchev–Trinajstić information content (AvgIpc) is 2.82. The average molecular weight is 234 g/mol. The summed E-state index contributed by atoms with van der Waals surface area (Å²) in [5.41, 5.74) is 1.02. The van der Waals surface area contributed by atoms with Crippen molar-refractivity contribution in [2.24, 2.45) is 0 Å². The Morgan fingerprint density at radius 1 is 1.29 bits per heavy atom. The Bertz CT molecular complexity index is 454. The van der Waals surface area contributed by atoms with Crippen LogP contribution in [-0.2, 0) is 4.74 Å². The SMILES string of the molecule is COCCCCCNc1nccn2nccc12. The molecule has 0 spiro atoms. The van der Waals surface area contributed by atoms with Gasteiger partial charge < -0.3 is 10.1 Å². The third kappa shape index (κ3) is 3.17. The van der Waals surface area contributed by atoms with E-state index in [0.717, 1.165) is 37.3 Å². The lowest BCUT2D eigenvalue weighted by molar-refractivity contribution is 0.192. The van der Waals surface area contributed by atoms with Crippen LogP contribution in [0.3, 0.4) is 0 Å². The highest BCUT2D eigenvalue weighted by Crippen LogP contribution is 2.12. The molecule has 92 valence electrons. The van der Waals surface area contributed by atoms with E-state index in [4.69, 9.17) is 4.74 Å². The smallest absolute Gasteiger partial charge is 0.152 e. The maximum absolute atomic E-state index is 5.01. The molecular weight excluding hydrogens is 216 g/mol. The van der Waals surface area contributed by atoms with Crippen LogP contribution in [0.5, 0.6) is 0 Å². The monoisotopic (exact) mass is 234 g/mol. The van der Waals surface area contributed by atoms with Crippen LogP contribution in [0, 0.1) is 0 Å². The molecule has 0 amide bonds. The number of hydrogen-bond donors (Lipinski definition) is 1. The van der Waals surface area contributed by atoms with E-state index in [1.807, 2.05) is 16.8 Å². The van der Waals surface area contributed by atoms with Gasteiger partial charge >= 0.3 is 0 Å². The molecule has 0 aromatic carbocycles. The largest absolute Gasteiger partial charge is 0.385 e. The van der Waals surface area contributed by atoms with Crippen LogP contribution in [0.25, 0.3) is 5.52 Å². The van der Waals surface area contributed by atoms with Gasteiger partial charge in [0.25, 0.3) is 0 Å². The zero-order valence-corrected chi connectivity index (χ0v) is 10.1. The lowest BCUT2D eigenvalue weighted by Gasteiger charge is -2.06. The van der Waals surface area contributed by atoms with Gasteiger partial charge in [0.2, 0.25) is 0 Å². The van der Waals surface area contributed by atoms with Crippen molar-refractivity contribution in [2.75, 3.05) is 25.6 Å². The molecule has 0 unspecified atom stereocenters. The van der Waals surface area contributed by atoms with E-state index in [0.29, 0.717) is 0 Å². The van der Waals surface area contributed by atoms with Gasteiger partial charge in [-0.25, -0.2) is 9.50 Å². The highest BCUT2D eigenvalue weighted by Gasteiger charge is 2.01. The van der Waals surface area contributed by atoms with Crippen molar-refractivity contribution in [2.45, 2.75) is 19.3 Å². The number of nitrogens with zero attached hydrogens (tertiary/aromatic N) is 3. The molecule has 0 aliphatic rings. The molecule has 2 aromatic rings. The first-order valence-corrected chi connectivity index (χ1v) is 5.93. The lowest BCUT2D eigenvalue weighted by atomic mass is 10.2. The molecule has 0 bridgehead atoms. The number of nitrogens with one attached hydrogen (secondary N) is 1. The van der Waals surface area contributed by atoms with Gasteiger partial charge in [0, 0.05) is 32.7 Å². The molecule has 1 N–H and O–H groups in total. The van der Waals surface area contributed by atoms with Crippen LogP contribution in [-0.4, -0.2) is 34.9 Å². The Morgan fingerprint density at radius 2 is 2.24 bits per heavy atom. The van der Waals surface area contributed by atoms with Crippen molar-refractivity contribution >= 4 is 11.3 Å². The summed E-state index contributed by atoms with van der Waals surface area (Å²) in [5.74, 6) is 0.900. The highest BCUT2D eigenvalue weighted by atomic mass is 16.5. The third-order valence-electron chi connectivity index (χ3n) is 2.64. The Kier molecular flexibility index (Phi) is 4.32. The van der Waals surface area contributed by atoms with Gasteiger partial charge in [-0.3, -0.25) is 0 Å². The van der Waals surface area contributed by atoms with E-state index in [1.165, 1.54) is 6.42 Å². The maximum Gasteiger partial charge on any atom is 0.152 e. The van der Waals surface area contributed by atoms with Crippen LogP contribution in [0.2, 0.25) is 0 Å². The molecule has 2 rings (SSSR count). The molecule has 0 aliphatic heterocycles. The van der Waals surface area contributed by atoms with Gasteiger partial charge in [-0.1, -0.05) is 0 Å². The molecule has 0 atom stereocenters. The molecule has 2 aromatic heterocycles. The quantitative estimate of drug-likeness (QED) is 0.744.